The monoisotopic (exact) mass is 955 g/mol. The Hall–Kier alpha value is -5.08. The highest BCUT2D eigenvalue weighted by molar-refractivity contribution is 7.86. The van der Waals surface area contributed by atoms with E-state index in [1.165, 1.54) is 0 Å². The second kappa shape index (κ2) is 19.6. The number of fused-ring (bicyclic) bond motifs is 1. The lowest BCUT2D eigenvalue weighted by Crippen LogP contribution is -2.65. The third-order valence-corrected chi connectivity index (χ3v) is 18.1. The van der Waals surface area contributed by atoms with E-state index in [0.29, 0.717) is 12.8 Å². The average molecular weight is 956 g/mol. The fourth-order valence-corrected chi connectivity index (χ4v) is 14.5. The number of rotatable bonds is 16. The highest BCUT2D eigenvalue weighted by Gasteiger charge is 2.65. The molecule has 1 saturated carbocycles. The second-order valence-electron chi connectivity index (χ2n) is 17.5. The molecule has 5 aromatic rings. The van der Waals surface area contributed by atoms with Crippen molar-refractivity contribution in [2.75, 3.05) is 19.1 Å². The van der Waals surface area contributed by atoms with Gasteiger partial charge in [0.05, 0.1) is 44.4 Å². The first-order valence-corrected chi connectivity index (χ1v) is 28.5. The lowest BCUT2D eigenvalue weighted by Gasteiger charge is -2.47. The molecule has 0 unspecified atom stereocenters. The number of ether oxygens (including phenoxy) is 3. The minimum atomic E-state index is -4.29. The predicted octanol–water partition coefficient (Wildman–Crippen LogP) is 6.56. The Labute approximate surface area is 386 Å². The van der Waals surface area contributed by atoms with Gasteiger partial charge in [0.15, 0.2) is 12.2 Å². The summed E-state index contributed by atoms with van der Waals surface area (Å²) in [6.45, 7) is 3.29. The van der Waals surface area contributed by atoms with Crippen LogP contribution >= 0.6 is 0 Å². The summed E-state index contributed by atoms with van der Waals surface area (Å²) in [6, 6.07) is 45.0. The van der Waals surface area contributed by atoms with Crippen LogP contribution in [0.3, 0.4) is 0 Å². The second-order valence-corrected chi connectivity index (χ2v) is 25.4. The van der Waals surface area contributed by atoms with E-state index >= 15 is 0 Å². The Balaban J connectivity index is 1.31. The summed E-state index contributed by atoms with van der Waals surface area (Å²) in [6.07, 6.45) is -4.16. The van der Waals surface area contributed by atoms with Crippen molar-refractivity contribution in [3.63, 3.8) is 0 Å². The number of hydrogen-bond donors (Lipinski definition) is 0. The Morgan fingerprint density at radius 2 is 1.17 bits per heavy atom. The standard InChI is InChI=1S/C49H53NO13S2Si/c1-64(53,54)57-33-39(63-65(2,55)56)42-45(66(3,4)38-29-18-9-19-30-38)41-43(59-46(51)34-21-10-5-11-22-34)44(60-47(52)35-23-12-6-13-24-35)48(62-50(41)61-42)58-40-31-20-32-49(40,36-25-14-7-15-26-36)37-27-16-8-17-28-37/h5-19,21-30,39-45,48H,20,31-33H2,1-4H3/t39-,40+,41+,42+,43-,44+,45+,48-/m0/s1. The lowest BCUT2D eigenvalue weighted by atomic mass is 9.71. The SMILES string of the molecule is C[Si](C)(c1ccccc1)[C@H]1[C@@H]([C@H](COS(C)(=O)=O)OS(C)(=O)=O)ON2O[C@H](O[C@@H]3CCCC3(c3ccccc3)c3ccccc3)[C@H](OC(=O)c3ccccc3)[C@@H](OC(=O)c3ccccc3)[C@H]12. The quantitative estimate of drug-likeness (QED) is 0.0592. The third-order valence-electron chi connectivity index (χ3n) is 12.8. The molecule has 2 heterocycles. The maximum absolute atomic E-state index is 14.5. The minimum Gasteiger partial charge on any atom is -0.453 e. The van der Waals surface area contributed by atoms with E-state index in [1.807, 2.05) is 79.8 Å². The van der Waals surface area contributed by atoms with Gasteiger partial charge in [-0.25, -0.2) is 14.4 Å². The fraction of sp³-hybridized carbons (Fsp3) is 0.347. The van der Waals surface area contributed by atoms with Crippen LogP contribution in [0.25, 0.3) is 0 Å². The Bertz CT molecular complexity index is 2630. The van der Waals surface area contributed by atoms with Crippen LogP contribution in [0.2, 0.25) is 18.6 Å². The molecule has 0 aromatic heterocycles. The first-order valence-electron chi connectivity index (χ1n) is 21.7. The van der Waals surface area contributed by atoms with Crippen molar-refractivity contribution in [3.8, 4) is 0 Å². The molecular formula is C49H53NO13S2Si. The van der Waals surface area contributed by atoms with Crippen LogP contribution in [-0.2, 0) is 57.9 Å². The van der Waals surface area contributed by atoms with Gasteiger partial charge in [-0.3, -0.25) is 13.2 Å². The lowest BCUT2D eigenvalue weighted by molar-refractivity contribution is -0.466. The van der Waals surface area contributed by atoms with Gasteiger partial charge < -0.3 is 14.2 Å². The molecule has 3 aliphatic rings. The van der Waals surface area contributed by atoms with E-state index in [4.69, 9.17) is 32.3 Å². The smallest absolute Gasteiger partial charge is 0.338 e. The van der Waals surface area contributed by atoms with Gasteiger partial charge in [-0.05, 0) is 54.7 Å². The Morgan fingerprint density at radius 3 is 1.67 bits per heavy atom. The van der Waals surface area contributed by atoms with Crippen LogP contribution in [0.1, 0.15) is 51.1 Å². The van der Waals surface area contributed by atoms with E-state index in [-0.39, 0.29) is 11.1 Å². The largest absolute Gasteiger partial charge is 0.453 e. The van der Waals surface area contributed by atoms with Crippen molar-refractivity contribution in [1.29, 1.82) is 0 Å². The number of hydroxylamine groups is 2. The Kier molecular flexibility index (Phi) is 14.1. The zero-order chi connectivity index (χ0) is 46.7. The van der Waals surface area contributed by atoms with Crippen molar-refractivity contribution in [1.82, 2.24) is 5.23 Å². The third kappa shape index (κ3) is 10.2. The Morgan fingerprint density at radius 1 is 0.682 bits per heavy atom. The van der Waals surface area contributed by atoms with Crippen LogP contribution in [0.4, 0.5) is 0 Å². The predicted molar refractivity (Wildman–Crippen MR) is 247 cm³/mol. The summed E-state index contributed by atoms with van der Waals surface area (Å²) in [7, 11) is -11.5. The molecule has 5 aromatic carbocycles. The molecule has 17 heteroatoms. The highest BCUT2D eigenvalue weighted by atomic mass is 32.2. The van der Waals surface area contributed by atoms with E-state index in [1.54, 1.807) is 60.7 Å². The zero-order valence-electron chi connectivity index (χ0n) is 37.0. The summed E-state index contributed by atoms with van der Waals surface area (Å²) in [4.78, 5) is 42.4. The van der Waals surface area contributed by atoms with Gasteiger partial charge >= 0.3 is 11.9 Å². The molecule has 1 aliphatic carbocycles. The number of carbonyl (C=O) groups is 2. The summed E-state index contributed by atoms with van der Waals surface area (Å²) in [5.41, 5.74) is 0.862. The molecule has 0 spiro atoms. The number of benzene rings is 5. The summed E-state index contributed by atoms with van der Waals surface area (Å²) in [5.74, 6) is -1.50. The first kappa shape index (κ1) is 47.4. The topological polar surface area (TPSA) is 170 Å². The van der Waals surface area contributed by atoms with Crippen LogP contribution in [0.5, 0.6) is 0 Å². The molecule has 3 fully saturated rings. The van der Waals surface area contributed by atoms with Gasteiger partial charge in [0.2, 0.25) is 6.29 Å². The molecule has 14 nitrogen and oxygen atoms in total. The minimum absolute atomic E-state index is 0.204. The molecule has 8 rings (SSSR count). The van der Waals surface area contributed by atoms with Crippen LogP contribution < -0.4 is 5.19 Å². The number of hydrogen-bond acceptors (Lipinski definition) is 14. The number of esters is 2. The van der Waals surface area contributed by atoms with Gasteiger partial charge in [0.25, 0.3) is 20.2 Å². The van der Waals surface area contributed by atoms with Gasteiger partial charge in [0.1, 0.15) is 18.2 Å². The van der Waals surface area contributed by atoms with Crippen molar-refractivity contribution < 1.29 is 58.7 Å². The molecule has 8 atom stereocenters. The molecule has 0 radical (unpaired) electrons. The van der Waals surface area contributed by atoms with Crippen molar-refractivity contribution in [3.05, 3.63) is 174 Å². The molecule has 0 N–H and O–H groups in total. The van der Waals surface area contributed by atoms with E-state index in [2.05, 4.69) is 24.3 Å². The molecule has 348 valence electrons. The van der Waals surface area contributed by atoms with E-state index < -0.39 is 101 Å². The van der Waals surface area contributed by atoms with Crippen molar-refractivity contribution >= 4 is 45.4 Å². The molecule has 66 heavy (non-hydrogen) atoms. The normalized spacial score (nSPS) is 24.8. The first-order chi connectivity index (χ1) is 31.5. The van der Waals surface area contributed by atoms with Gasteiger partial charge in [-0.15, -0.1) is 0 Å². The van der Waals surface area contributed by atoms with Crippen molar-refractivity contribution in [2.24, 2.45) is 0 Å². The van der Waals surface area contributed by atoms with Gasteiger partial charge in [-0.2, -0.15) is 16.8 Å². The highest BCUT2D eigenvalue weighted by Crippen LogP contribution is 2.52. The molecular weight excluding hydrogens is 903 g/mol. The van der Waals surface area contributed by atoms with Crippen LogP contribution in [-0.4, -0.2) is 104 Å². The van der Waals surface area contributed by atoms with E-state index in [0.717, 1.165) is 40.5 Å². The summed E-state index contributed by atoms with van der Waals surface area (Å²) >= 11 is 0. The summed E-state index contributed by atoms with van der Waals surface area (Å²) in [5, 5.41) is 2.03. The summed E-state index contributed by atoms with van der Waals surface area (Å²) < 4.78 is 82.2. The molecule has 0 amide bonds. The van der Waals surface area contributed by atoms with Crippen molar-refractivity contribution in [2.45, 2.75) is 86.2 Å². The zero-order valence-corrected chi connectivity index (χ0v) is 39.6. The molecule has 2 aliphatic heterocycles. The average Bonchev–Trinajstić information content (AvgIpc) is 3.92. The van der Waals surface area contributed by atoms with Gasteiger partial charge in [0, 0.05) is 11.0 Å². The van der Waals surface area contributed by atoms with E-state index in [9.17, 15) is 26.4 Å². The molecule has 0 bridgehead atoms. The fourth-order valence-electron chi connectivity index (χ4n) is 9.81. The van der Waals surface area contributed by atoms with Gasteiger partial charge in [-0.1, -0.05) is 151 Å². The van der Waals surface area contributed by atoms with Crippen LogP contribution in [0, 0.1) is 0 Å². The number of nitrogens with zero attached hydrogens (tertiary/aromatic N) is 1. The molecule has 2 saturated heterocycles. The maximum atomic E-state index is 14.5. The van der Waals surface area contributed by atoms with Crippen LogP contribution in [0.15, 0.2) is 152 Å². The number of carbonyl (C=O) groups excluding carboxylic acids is 2. The maximum Gasteiger partial charge on any atom is 0.338 e.